The molecule has 0 spiro atoms. The highest BCUT2D eigenvalue weighted by atomic mass is 32.1. The molecule has 5 rings (SSSR count). The van der Waals surface area contributed by atoms with Gasteiger partial charge in [-0.05, 0) is 43.2 Å². The third-order valence-electron chi connectivity index (χ3n) is 5.05. The van der Waals surface area contributed by atoms with E-state index < -0.39 is 5.63 Å². The highest BCUT2D eigenvalue weighted by Gasteiger charge is 2.17. The fourth-order valence-corrected chi connectivity index (χ4v) is 4.37. The summed E-state index contributed by atoms with van der Waals surface area (Å²) < 4.78 is 12.0. The molecule has 7 heteroatoms. The molecule has 3 aromatic heterocycles. The topological polar surface area (TPSA) is 85.3 Å². The molecule has 0 radical (unpaired) electrons. The Kier molecular flexibility index (Phi) is 3.99. The van der Waals surface area contributed by atoms with Crippen LogP contribution in [0.25, 0.3) is 32.2 Å². The summed E-state index contributed by atoms with van der Waals surface area (Å²) in [4.78, 5) is 29.5. The Morgan fingerprint density at radius 1 is 1.14 bits per heavy atom. The Hall–Kier alpha value is -3.45. The number of carbonyl (C=O) groups excluding carboxylic acids is 1. The SMILES string of the molecule is Cc1coc2cc3oc(=O)c(CC(=O)Nc4nc5ccccc5s4)c(C)c3cc12. The Morgan fingerprint density at radius 3 is 2.79 bits per heavy atom. The number of aryl methyl sites for hydroxylation is 2. The van der Waals surface area contributed by atoms with Crippen molar-refractivity contribution < 1.29 is 13.6 Å². The summed E-state index contributed by atoms with van der Waals surface area (Å²) in [6.07, 6.45) is 1.59. The summed E-state index contributed by atoms with van der Waals surface area (Å²) >= 11 is 1.40. The van der Waals surface area contributed by atoms with Crippen LogP contribution in [0.4, 0.5) is 5.13 Å². The number of amides is 1. The first-order valence-corrected chi connectivity index (χ1v) is 9.91. The molecule has 2 aromatic carbocycles. The molecular weight excluding hydrogens is 388 g/mol. The van der Waals surface area contributed by atoms with E-state index in [1.165, 1.54) is 11.3 Å². The van der Waals surface area contributed by atoms with E-state index in [1.54, 1.807) is 12.3 Å². The van der Waals surface area contributed by atoms with E-state index in [0.29, 0.717) is 21.9 Å². The second-order valence-electron chi connectivity index (χ2n) is 6.97. The standard InChI is InChI=1S/C22H16N2O4S/c1-11-10-27-17-9-18-14(7-13(11)17)12(2)15(21(26)28-18)8-20(25)24-22-23-16-5-3-4-6-19(16)29-22/h3-7,9-10H,8H2,1-2H3,(H,23,24,25). The van der Waals surface area contributed by atoms with Crippen LogP contribution in [0.5, 0.6) is 0 Å². The number of hydrogen-bond acceptors (Lipinski definition) is 6. The number of carbonyl (C=O) groups is 1. The van der Waals surface area contributed by atoms with Crippen LogP contribution < -0.4 is 10.9 Å². The van der Waals surface area contributed by atoms with Crippen molar-refractivity contribution in [1.82, 2.24) is 4.98 Å². The van der Waals surface area contributed by atoms with Crippen LogP contribution in [0.2, 0.25) is 0 Å². The monoisotopic (exact) mass is 404 g/mol. The molecule has 0 fully saturated rings. The van der Waals surface area contributed by atoms with Gasteiger partial charge in [0.2, 0.25) is 5.91 Å². The average Bonchev–Trinajstić information content (AvgIpc) is 3.26. The largest absolute Gasteiger partial charge is 0.464 e. The smallest absolute Gasteiger partial charge is 0.340 e. The summed E-state index contributed by atoms with van der Waals surface area (Å²) in [7, 11) is 0. The lowest BCUT2D eigenvalue weighted by atomic mass is 10.0. The van der Waals surface area contributed by atoms with Crippen molar-refractivity contribution in [2.24, 2.45) is 0 Å². The normalized spacial score (nSPS) is 11.5. The molecule has 0 saturated carbocycles. The van der Waals surface area contributed by atoms with Gasteiger partial charge >= 0.3 is 5.63 Å². The zero-order chi connectivity index (χ0) is 20.1. The van der Waals surface area contributed by atoms with Crippen molar-refractivity contribution in [2.75, 3.05) is 5.32 Å². The zero-order valence-electron chi connectivity index (χ0n) is 15.7. The fourth-order valence-electron chi connectivity index (χ4n) is 3.49. The van der Waals surface area contributed by atoms with Gasteiger partial charge < -0.3 is 14.2 Å². The molecule has 0 atom stereocenters. The number of fused-ring (bicyclic) bond motifs is 3. The second-order valence-corrected chi connectivity index (χ2v) is 8.00. The highest BCUT2D eigenvalue weighted by Crippen LogP contribution is 2.29. The van der Waals surface area contributed by atoms with Gasteiger partial charge in [-0.3, -0.25) is 4.79 Å². The van der Waals surface area contributed by atoms with Crippen molar-refractivity contribution in [3.63, 3.8) is 0 Å². The molecule has 0 bridgehead atoms. The van der Waals surface area contributed by atoms with Crippen LogP contribution in [-0.4, -0.2) is 10.9 Å². The number of benzene rings is 2. The predicted molar refractivity (Wildman–Crippen MR) is 114 cm³/mol. The van der Waals surface area contributed by atoms with Gasteiger partial charge in [0.1, 0.15) is 11.2 Å². The van der Waals surface area contributed by atoms with Crippen molar-refractivity contribution >= 4 is 54.5 Å². The van der Waals surface area contributed by atoms with E-state index in [4.69, 9.17) is 8.83 Å². The van der Waals surface area contributed by atoms with Gasteiger partial charge in [-0.1, -0.05) is 23.5 Å². The Balaban J connectivity index is 1.50. The number of nitrogens with zero attached hydrogens (tertiary/aromatic N) is 1. The van der Waals surface area contributed by atoms with Crippen molar-refractivity contribution in [3.8, 4) is 0 Å². The predicted octanol–water partition coefficient (Wildman–Crippen LogP) is 4.95. The van der Waals surface area contributed by atoms with E-state index in [1.807, 2.05) is 44.2 Å². The number of aromatic nitrogens is 1. The molecule has 3 heterocycles. The van der Waals surface area contributed by atoms with Crippen molar-refractivity contribution in [2.45, 2.75) is 20.3 Å². The van der Waals surface area contributed by atoms with E-state index in [9.17, 15) is 9.59 Å². The second kappa shape index (κ2) is 6.56. The molecule has 29 heavy (non-hydrogen) atoms. The first-order chi connectivity index (χ1) is 14.0. The maximum atomic E-state index is 12.6. The van der Waals surface area contributed by atoms with Crippen molar-refractivity contribution in [1.29, 1.82) is 0 Å². The van der Waals surface area contributed by atoms with Gasteiger partial charge in [-0.15, -0.1) is 0 Å². The highest BCUT2D eigenvalue weighted by molar-refractivity contribution is 7.22. The number of nitrogens with one attached hydrogen (secondary N) is 1. The number of anilines is 1. The molecular formula is C22H16N2O4S. The summed E-state index contributed by atoms with van der Waals surface area (Å²) in [6, 6.07) is 11.3. The zero-order valence-corrected chi connectivity index (χ0v) is 16.6. The lowest BCUT2D eigenvalue weighted by molar-refractivity contribution is -0.115. The molecule has 6 nitrogen and oxygen atoms in total. The fraction of sp³-hybridized carbons (Fsp3) is 0.136. The summed E-state index contributed by atoms with van der Waals surface area (Å²) in [6.45, 7) is 3.79. The number of rotatable bonds is 3. The van der Waals surface area contributed by atoms with E-state index >= 15 is 0 Å². The number of furan rings is 1. The van der Waals surface area contributed by atoms with Crippen LogP contribution in [0.3, 0.4) is 0 Å². The van der Waals surface area contributed by atoms with Gasteiger partial charge in [0, 0.05) is 16.8 Å². The third kappa shape index (κ3) is 3.00. The molecule has 0 saturated heterocycles. The van der Waals surface area contributed by atoms with Crippen LogP contribution in [0.1, 0.15) is 16.7 Å². The molecule has 0 aliphatic carbocycles. The van der Waals surface area contributed by atoms with Gasteiger partial charge in [0.25, 0.3) is 0 Å². The maximum Gasteiger partial charge on any atom is 0.340 e. The Bertz CT molecular complexity index is 1440. The third-order valence-corrected chi connectivity index (χ3v) is 6.00. The molecule has 0 aliphatic rings. The average molecular weight is 404 g/mol. The number of para-hydroxylation sites is 1. The lowest BCUT2D eigenvalue weighted by Crippen LogP contribution is -2.20. The quantitative estimate of drug-likeness (QED) is 0.430. The molecule has 1 N–H and O–H groups in total. The first-order valence-electron chi connectivity index (χ1n) is 9.09. The minimum Gasteiger partial charge on any atom is -0.464 e. The van der Waals surface area contributed by atoms with Gasteiger partial charge in [0.05, 0.1) is 28.5 Å². The minimum absolute atomic E-state index is 0.0809. The lowest BCUT2D eigenvalue weighted by Gasteiger charge is -2.08. The van der Waals surface area contributed by atoms with Crippen LogP contribution >= 0.6 is 11.3 Å². The van der Waals surface area contributed by atoms with E-state index in [0.717, 1.165) is 32.1 Å². The van der Waals surface area contributed by atoms with Gasteiger partial charge in [-0.25, -0.2) is 9.78 Å². The summed E-state index contributed by atoms with van der Waals surface area (Å²) in [5.74, 6) is -0.306. The Morgan fingerprint density at radius 2 is 1.97 bits per heavy atom. The first kappa shape index (κ1) is 17.6. The molecule has 1 amide bonds. The summed E-state index contributed by atoms with van der Waals surface area (Å²) in [5, 5.41) is 5.05. The molecule has 5 aromatic rings. The van der Waals surface area contributed by atoms with E-state index in [-0.39, 0.29) is 12.3 Å². The Labute approximate surface area is 168 Å². The number of hydrogen-bond donors (Lipinski definition) is 1. The maximum absolute atomic E-state index is 12.6. The van der Waals surface area contributed by atoms with Crippen molar-refractivity contribution in [3.05, 3.63) is 69.8 Å². The van der Waals surface area contributed by atoms with Crippen LogP contribution in [-0.2, 0) is 11.2 Å². The minimum atomic E-state index is -0.517. The summed E-state index contributed by atoms with van der Waals surface area (Å²) in [5.41, 5.74) is 3.51. The van der Waals surface area contributed by atoms with Gasteiger partial charge in [0.15, 0.2) is 5.13 Å². The molecule has 0 aliphatic heterocycles. The van der Waals surface area contributed by atoms with Gasteiger partial charge in [-0.2, -0.15) is 0 Å². The van der Waals surface area contributed by atoms with Crippen LogP contribution in [0, 0.1) is 13.8 Å². The molecule has 144 valence electrons. The number of thiazole rings is 1. The molecule has 0 unspecified atom stereocenters. The van der Waals surface area contributed by atoms with E-state index in [2.05, 4.69) is 10.3 Å². The van der Waals surface area contributed by atoms with Crippen LogP contribution in [0.15, 0.2) is 56.3 Å².